The molecule has 6 aromatic rings. The average molecular weight is 633 g/mol. The van der Waals surface area contributed by atoms with E-state index in [2.05, 4.69) is 97.3 Å². The zero-order valence-corrected chi connectivity index (χ0v) is 25.7. The van der Waals surface area contributed by atoms with E-state index in [0.29, 0.717) is 0 Å². The van der Waals surface area contributed by atoms with Crippen LogP contribution in [0.1, 0.15) is 28.3 Å². The average Bonchev–Trinajstić information content (AvgIpc) is 3.92. The molecule has 8 bridgehead atoms. The van der Waals surface area contributed by atoms with Gasteiger partial charge in [-0.2, -0.15) is 0 Å². The summed E-state index contributed by atoms with van der Waals surface area (Å²) in [5, 5.41) is 0. The summed E-state index contributed by atoms with van der Waals surface area (Å²) >= 11 is 0. The van der Waals surface area contributed by atoms with Crippen molar-refractivity contribution < 1.29 is 16.5 Å². The monoisotopic (exact) mass is 632 g/mol. The Labute approximate surface area is 277 Å². The van der Waals surface area contributed by atoms with Crippen LogP contribution < -0.4 is 9.97 Å². The van der Waals surface area contributed by atoms with Gasteiger partial charge in [0.1, 0.15) is 0 Å². The second-order valence-electron chi connectivity index (χ2n) is 10.8. The number of fused-ring (bicyclic) bond motifs is 8. The van der Waals surface area contributed by atoms with E-state index in [-0.39, 0.29) is 16.5 Å². The molecule has 3 aromatic carbocycles. The Hall–Kier alpha value is -5.73. The molecule has 0 N–H and O–H groups in total. The van der Waals surface area contributed by atoms with Crippen LogP contribution in [0, 0.1) is 0 Å². The SMILES string of the molecule is C=C=Cc1c2nc(c(-c3ccccc3)c3ccc([n-]3)c(-c3ccccc3)c3nc(c(-c4ccccc4)c4ccc1[n-]4)C=C3)C=C2.[Ni+2]. The first-order valence-corrected chi connectivity index (χ1v) is 14.8. The third-order valence-corrected chi connectivity index (χ3v) is 8.08. The molecule has 0 radical (unpaired) electrons. The molecule has 2 aliphatic rings. The van der Waals surface area contributed by atoms with Gasteiger partial charge in [-0.3, -0.25) is 0 Å². The van der Waals surface area contributed by atoms with Crippen LogP contribution in [-0.2, 0) is 16.5 Å². The number of nitrogens with zero attached hydrogens (tertiary/aromatic N) is 4. The number of rotatable bonds is 4. The third-order valence-electron chi connectivity index (χ3n) is 8.08. The molecule has 3 aromatic heterocycles. The maximum atomic E-state index is 5.26. The number of hydrogen-bond acceptors (Lipinski definition) is 2. The molecular weight excluding hydrogens is 607 g/mol. The molecule has 8 rings (SSSR count). The van der Waals surface area contributed by atoms with Crippen molar-refractivity contribution in [2.75, 3.05) is 0 Å². The van der Waals surface area contributed by atoms with Gasteiger partial charge in [0.15, 0.2) is 0 Å². The van der Waals surface area contributed by atoms with Crippen LogP contribution in [0.3, 0.4) is 0 Å². The predicted octanol–water partition coefficient (Wildman–Crippen LogP) is 9.71. The minimum atomic E-state index is 0. The number of hydrogen-bond donors (Lipinski definition) is 0. The first-order chi connectivity index (χ1) is 22.3. The van der Waals surface area contributed by atoms with Crippen molar-refractivity contribution in [1.82, 2.24) is 19.9 Å². The largest absolute Gasteiger partial charge is 2.00 e. The van der Waals surface area contributed by atoms with Gasteiger partial charge in [-0.15, -0.1) is 27.8 Å². The van der Waals surface area contributed by atoms with Gasteiger partial charge < -0.3 is 9.97 Å². The molecule has 4 nitrogen and oxygen atoms in total. The zero-order valence-electron chi connectivity index (χ0n) is 24.7. The maximum Gasteiger partial charge on any atom is 2.00 e. The topological polar surface area (TPSA) is 54.0 Å². The zero-order chi connectivity index (χ0) is 30.2. The molecule has 220 valence electrons. The van der Waals surface area contributed by atoms with Gasteiger partial charge in [-0.05, 0) is 69.3 Å². The molecule has 0 unspecified atom stereocenters. The van der Waals surface area contributed by atoms with Crippen LogP contribution in [0.5, 0.6) is 0 Å². The molecule has 0 fully saturated rings. The summed E-state index contributed by atoms with van der Waals surface area (Å²) in [5.41, 5.74) is 16.5. The van der Waals surface area contributed by atoms with E-state index in [1.54, 1.807) is 0 Å². The second-order valence-corrected chi connectivity index (χ2v) is 10.8. The summed E-state index contributed by atoms with van der Waals surface area (Å²) in [6.07, 6.45) is 10.1. The Kier molecular flexibility index (Phi) is 7.78. The molecule has 0 atom stereocenters. The standard InChI is InChI=1S/C41H26N4.Ni/c1-2-12-30-31-19-21-33(42-31)39(27-13-6-3-7-14-27)35-23-25-37(44-35)41(29-17-10-5-11-18-29)38-26-24-36(45-38)40(28-15-8-4-9-16-28)34-22-20-32(30)43-34;/h3-26H,1H2;/q-2;+2. The van der Waals surface area contributed by atoms with Crippen LogP contribution in [-0.4, -0.2) is 9.97 Å². The molecule has 5 heterocycles. The summed E-state index contributed by atoms with van der Waals surface area (Å²) in [7, 11) is 0. The van der Waals surface area contributed by atoms with Gasteiger partial charge in [0, 0.05) is 0 Å². The Morgan fingerprint density at radius 3 is 1.22 bits per heavy atom. The van der Waals surface area contributed by atoms with Crippen molar-refractivity contribution in [3.8, 4) is 33.4 Å². The van der Waals surface area contributed by atoms with Crippen LogP contribution >= 0.6 is 0 Å². The number of benzene rings is 3. The summed E-state index contributed by atoms with van der Waals surface area (Å²) in [6.45, 7) is 3.87. The van der Waals surface area contributed by atoms with Gasteiger partial charge in [0.25, 0.3) is 0 Å². The quantitative estimate of drug-likeness (QED) is 0.143. The van der Waals surface area contributed by atoms with E-state index < -0.39 is 0 Å². The summed E-state index contributed by atoms with van der Waals surface area (Å²) in [4.78, 5) is 20.8. The van der Waals surface area contributed by atoms with E-state index in [4.69, 9.17) is 19.9 Å². The van der Waals surface area contributed by atoms with E-state index in [9.17, 15) is 0 Å². The van der Waals surface area contributed by atoms with Crippen molar-refractivity contribution in [3.05, 3.63) is 156 Å². The molecule has 2 aliphatic heterocycles. The minimum Gasteiger partial charge on any atom is -0.657 e. The Morgan fingerprint density at radius 1 is 0.457 bits per heavy atom. The molecule has 0 saturated heterocycles. The number of aromatic nitrogens is 4. The molecular formula is C41H26N4Ni. The molecule has 0 spiro atoms. The van der Waals surface area contributed by atoms with Gasteiger partial charge in [0.05, 0.1) is 22.8 Å². The van der Waals surface area contributed by atoms with Crippen LogP contribution in [0.25, 0.3) is 85.8 Å². The molecule has 46 heavy (non-hydrogen) atoms. The normalized spacial score (nSPS) is 11.6. The Balaban J connectivity index is 0.00000338. The maximum absolute atomic E-state index is 5.26. The van der Waals surface area contributed by atoms with Crippen molar-refractivity contribution in [1.29, 1.82) is 0 Å². The van der Waals surface area contributed by atoms with Crippen LogP contribution in [0.2, 0.25) is 0 Å². The Morgan fingerprint density at radius 2 is 0.804 bits per heavy atom. The minimum absolute atomic E-state index is 0. The van der Waals surface area contributed by atoms with Crippen LogP contribution in [0.15, 0.2) is 128 Å². The van der Waals surface area contributed by atoms with E-state index in [0.717, 1.165) is 83.8 Å². The fourth-order valence-corrected chi connectivity index (χ4v) is 6.06. The summed E-state index contributed by atoms with van der Waals surface area (Å²) in [5.74, 6) is 0. The first kappa shape index (κ1) is 29.0. The Bertz CT molecular complexity index is 2320. The van der Waals surface area contributed by atoms with E-state index in [1.165, 1.54) is 0 Å². The third kappa shape index (κ3) is 5.18. The van der Waals surface area contributed by atoms with Gasteiger partial charge in [-0.1, -0.05) is 122 Å². The van der Waals surface area contributed by atoms with Crippen molar-refractivity contribution in [2.24, 2.45) is 0 Å². The molecule has 0 amide bonds. The van der Waals surface area contributed by atoms with Gasteiger partial charge in [-0.25, -0.2) is 9.97 Å². The summed E-state index contributed by atoms with van der Waals surface area (Å²) < 4.78 is 0. The smallest absolute Gasteiger partial charge is 0.657 e. The van der Waals surface area contributed by atoms with Crippen molar-refractivity contribution in [3.63, 3.8) is 0 Å². The first-order valence-electron chi connectivity index (χ1n) is 14.8. The van der Waals surface area contributed by atoms with Crippen molar-refractivity contribution in [2.45, 2.75) is 0 Å². The molecule has 5 heteroatoms. The van der Waals surface area contributed by atoms with Gasteiger partial charge in [0.2, 0.25) is 0 Å². The summed E-state index contributed by atoms with van der Waals surface area (Å²) in [6, 6.07) is 39.2. The molecule has 0 aliphatic carbocycles. The van der Waals surface area contributed by atoms with E-state index >= 15 is 0 Å². The second kappa shape index (κ2) is 12.3. The van der Waals surface area contributed by atoms with E-state index in [1.807, 2.05) is 60.7 Å². The fourth-order valence-electron chi connectivity index (χ4n) is 6.06. The fraction of sp³-hybridized carbons (Fsp3) is 0. The van der Waals surface area contributed by atoms with Gasteiger partial charge >= 0.3 is 16.5 Å². The predicted molar refractivity (Wildman–Crippen MR) is 187 cm³/mol. The van der Waals surface area contributed by atoms with Crippen LogP contribution in [0.4, 0.5) is 0 Å². The van der Waals surface area contributed by atoms with Crippen molar-refractivity contribution >= 4 is 52.4 Å². The molecule has 0 saturated carbocycles.